The van der Waals surface area contributed by atoms with E-state index in [4.69, 9.17) is 11.6 Å². The molecule has 0 spiro atoms. The average molecular weight is 295 g/mol. The molecule has 0 saturated carbocycles. The van der Waals surface area contributed by atoms with Gasteiger partial charge in [-0.15, -0.1) is 11.6 Å². The Balaban J connectivity index is 2.83. The number of rotatable bonds is 2. The predicted molar refractivity (Wildman–Crippen MR) is 56.8 cm³/mol. The first-order valence-corrected chi connectivity index (χ1v) is 5.39. The van der Waals surface area contributed by atoms with E-state index in [0.717, 1.165) is 12.5 Å². The van der Waals surface area contributed by atoms with Gasteiger partial charge in [-0.3, -0.25) is 0 Å². The van der Waals surface area contributed by atoms with Gasteiger partial charge in [-0.25, -0.2) is 31.9 Å². The standard InChI is InChI=1S/C11H4ClF5N2/c12-1-5-4(2-18-3-19-5)6-7(13)9(15)11(17)10(16)8(6)14/h2-3H,1H2. The Bertz CT molecular complexity index is 618. The van der Waals surface area contributed by atoms with Crippen LogP contribution in [0.2, 0.25) is 0 Å². The van der Waals surface area contributed by atoms with Crippen molar-refractivity contribution in [2.24, 2.45) is 0 Å². The Morgan fingerprint density at radius 1 is 0.895 bits per heavy atom. The Morgan fingerprint density at radius 3 is 1.95 bits per heavy atom. The van der Waals surface area contributed by atoms with Crippen LogP contribution in [0.5, 0.6) is 0 Å². The summed E-state index contributed by atoms with van der Waals surface area (Å²) < 4.78 is 66.3. The second kappa shape index (κ2) is 5.08. The van der Waals surface area contributed by atoms with Crippen LogP contribution in [-0.2, 0) is 5.88 Å². The lowest BCUT2D eigenvalue weighted by Crippen LogP contribution is -2.06. The Labute approximate surface area is 108 Å². The van der Waals surface area contributed by atoms with Crippen LogP contribution in [0.4, 0.5) is 22.0 Å². The lowest BCUT2D eigenvalue weighted by atomic mass is 10.0. The van der Waals surface area contributed by atoms with Crippen LogP contribution < -0.4 is 0 Å². The quantitative estimate of drug-likeness (QED) is 0.366. The van der Waals surface area contributed by atoms with Gasteiger partial charge in [-0.2, -0.15) is 0 Å². The molecule has 1 aromatic carbocycles. The van der Waals surface area contributed by atoms with E-state index in [1.54, 1.807) is 0 Å². The molecule has 1 heterocycles. The van der Waals surface area contributed by atoms with Crippen LogP contribution in [0.25, 0.3) is 11.1 Å². The normalized spacial score (nSPS) is 10.8. The van der Waals surface area contributed by atoms with Crippen molar-refractivity contribution in [1.82, 2.24) is 9.97 Å². The number of hydrogen-bond donors (Lipinski definition) is 0. The van der Waals surface area contributed by atoms with E-state index in [0.29, 0.717) is 0 Å². The highest BCUT2D eigenvalue weighted by atomic mass is 35.5. The third-order valence-corrected chi connectivity index (χ3v) is 2.65. The first kappa shape index (κ1) is 13.7. The minimum Gasteiger partial charge on any atom is -0.244 e. The fourth-order valence-corrected chi connectivity index (χ4v) is 1.72. The molecule has 100 valence electrons. The van der Waals surface area contributed by atoms with Crippen molar-refractivity contribution in [3.8, 4) is 11.1 Å². The molecule has 0 aliphatic carbocycles. The lowest BCUT2D eigenvalue weighted by Gasteiger charge is -2.10. The summed E-state index contributed by atoms with van der Waals surface area (Å²) in [5.74, 6) is -10.4. The van der Waals surface area contributed by atoms with E-state index < -0.39 is 34.6 Å². The molecule has 0 fully saturated rings. The maximum atomic E-state index is 13.6. The van der Waals surface area contributed by atoms with Gasteiger partial charge < -0.3 is 0 Å². The molecule has 2 rings (SSSR count). The first-order chi connectivity index (χ1) is 8.99. The van der Waals surface area contributed by atoms with Crippen molar-refractivity contribution in [3.63, 3.8) is 0 Å². The van der Waals surface area contributed by atoms with Gasteiger partial charge in [0.1, 0.15) is 6.33 Å². The Kier molecular flexibility index (Phi) is 3.66. The van der Waals surface area contributed by atoms with Crippen LogP contribution in [0.1, 0.15) is 5.69 Å². The van der Waals surface area contributed by atoms with Crippen LogP contribution in [0.15, 0.2) is 12.5 Å². The zero-order valence-corrected chi connectivity index (χ0v) is 9.78. The zero-order valence-electron chi connectivity index (χ0n) is 9.02. The molecule has 2 aromatic rings. The summed E-state index contributed by atoms with van der Waals surface area (Å²) in [5.41, 5.74) is -1.47. The second-order valence-electron chi connectivity index (χ2n) is 3.46. The highest BCUT2D eigenvalue weighted by Gasteiger charge is 2.28. The van der Waals surface area contributed by atoms with Crippen LogP contribution in [-0.4, -0.2) is 9.97 Å². The fraction of sp³-hybridized carbons (Fsp3) is 0.0909. The van der Waals surface area contributed by atoms with Crippen molar-refractivity contribution >= 4 is 11.6 Å². The highest BCUT2D eigenvalue weighted by molar-refractivity contribution is 6.17. The molecular weight excluding hydrogens is 291 g/mol. The molecule has 0 amide bonds. The van der Waals surface area contributed by atoms with Crippen molar-refractivity contribution in [2.75, 3.05) is 0 Å². The summed E-state index contributed by atoms with van der Waals surface area (Å²) in [6.07, 6.45) is 1.98. The first-order valence-electron chi connectivity index (χ1n) is 4.85. The van der Waals surface area contributed by atoms with Gasteiger partial charge in [-0.1, -0.05) is 0 Å². The van der Waals surface area contributed by atoms with E-state index in [1.165, 1.54) is 0 Å². The summed E-state index contributed by atoms with van der Waals surface area (Å²) in [4.78, 5) is 7.11. The molecule has 0 atom stereocenters. The van der Waals surface area contributed by atoms with Crippen molar-refractivity contribution in [1.29, 1.82) is 0 Å². The fourth-order valence-electron chi connectivity index (χ4n) is 1.51. The van der Waals surface area contributed by atoms with Crippen LogP contribution in [0.3, 0.4) is 0 Å². The van der Waals surface area contributed by atoms with E-state index in [-0.39, 0.29) is 17.1 Å². The third-order valence-electron chi connectivity index (χ3n) is 2.40. The largest absolute Gasteiger partial charge is 0.244 e. The van der Waals surface area contributed by atoms with Gasteiger partial charge >= 0.3 is 0 Å². The van der Waals surface area contributed by atoms with E-state index in [2.05, 4.69) is 9.97 Å². The van der Waals surface area contributed by atoms with Gasteiger partial charge in [-0.05, 0) is 0 Å². The van der Waals surface area contributed by atoms with Gasteiger partial charge in [0.05, 0.1) is 17.1 Å². The molecule has 19 heavy (non-hydrogen) atoms. The summed E-state index contributed by atoms with van der Waals surface area (Å²) in [7, 11) is 0. The van der Waals surface area contributed by atoms with E-state index >= 15 is 0 Å². The van der Waals surface area contributed by atoms with Gasteiger partial charge in [0.25, 0.3) is 0 Å². The molecule has 0 bridgehead atoms. The highest BCUT2D eigenvalue weighted by Crippen LogP contribution is 2.32. The van der Waals surface area contributed by atoms with Crippen molar-refractivity contribution in [3.05, 3.63) is 47.3 Å². The molecule has 0 N–H and O–H groups in total. The lowest BCUT2D eigenvalue weighted by molar-refractivity contribution is 0.381. The summed E-state index contributed by atoms with van der Waals surface area (Å²) in [6, 6.07) is 0. The third kappa shape index (κ3) is 2.14. The maximum Gasteiger partial charge on any atom is 0.200 e. The zero-order chi connectivity index (χ0) is 14.2. The van der Waals surface area contributed by atoms with Crippen LogP contribution >= 0.6 is 11.6 Å². The minimum absolute atomic E-state index is 0.0418. The van der Waals surface area contributed by atoms with E-state index in [1.807, 2.05) is 0 Å². The summed E-state index contributed by atoms with van der Waals surface area (Å²) in [6.45, 7) is 0. The number of aromatic nitrogens is 2. The number of benzene rings is 1. The minimum atomic E-state index is -2.22. The SMILES string of the molecule is Fc1c(F)c(F)c(-c2cncnc2CCl)c(F)c1F. The molecule has 0 radical (unpaired) electrons. The summed E-state index contributed by atoms with van der Waals surface area (Å²) in [5, 5.41) is 0. The van der Waals surface area contributed by atoms with Gasteiger partial charge in [0.2, 0.25) is 5.82 Å². The second-order valence-corrected chi connectivity index (χ2v) is 3.73. The maximum absolute atomic E-state index is 13.6. The van der Waals surface area contributed by atoms with Gasteiger partial charge in [0, 0.05) is 11.8 Å². The molecule has 0 unspecified atom stereocenters. The Morgan fingerprint density at radius 2 is 1.42 bits per heavy atom. The summed E-state index contributed by atoms with van der Waals surface area (Å²) >= 11 is 5.50. The number of nitrogens with zero attached hydrogens (tertiary/aromatic N) is 2. The Hall–Kier alpha value is -1.76. The topological polar surface area (TPSA) is 25.8 Å². The van der Waals surface area contributed by atoms with Crippen LogP contribution in [0, 0.1) is 29.1 Å². The smallest absolute Gasteiger partial charge is 0.200 e. The number of alkyl halides is 1. The monoisotopic (exact) mass is 294 g/mol. The molecule has 1 aromatic heterocycles. The number of hydrogen-bond acceptors (Lipinski definition) is 2. The molecule has 0 aliphatic rings. The van der Waals surface area contributed by atoms with Crippen molar-refractivity contribution < 1.29 is 22.0 Å². The predicted octanol–water partition coefficient (Wildman–Crippen LogP) is 3.58. The molecule has 8 heteroatoms. The van der Waals surface area contributed by atoms with E-state index in [9.17, 15) is 22.0 Å². The molecule has 0 saturated heterocycles. The molecule has 2 nitrogen and oxygen atoms in total. The average Bonchev–Trinajstić information content (AvgIpc) is 2.44. The van der Waals surface area contributed by atoms with Crippen molar-refractivity contribution in [2.45, 2.75) is 5.88 Å². The molecule has 0 aliphatic heterocycles. The van der Waals surface area contributed by atoms with Gasteiger partial charge in [0.15, 0.2) is 23.3 Å². The molecular formula is C11H4ClF5N2. The number of halogens is 6.